The molecule has 0 aliphatic carbocycles. The van der Waals surface area contributed by atoms with Crippen molar-refractivity contribution in [2.24, 2.45) is 4.99 Å². The fourth-order valence-corrected chi connectivity index (χ4v) is 5.35. The lowest BCUT2D eigenvalue weighted by atomic mass is 10.0. The number of aliphatic imine (C=N–C) groups is 1. The third-order valence-corrected chi connectivity index (χ3v) is 7.76. The van der Waals surface area contributed by atoms with Crippen molar-refractivity contribution in [2.75, 3.05) is 23.6 Å². The second-order valence-corrected chi connectivity index (χ2v) is 11.3. The van der Waals surface area contributed by atoms with Crippen LogP contribution in [-0.4, -0.2) is 71.4 Å². The van der Waals surface area contributed by atoms with Crippen LogP contribution in [0.25, 0.3) is 0 Å². The van der Waals surface area contributed by atoms with Crippen LogP contribution in [0, 0.1) is 6.92 Å². The van der Waals surface area contributed by atoms with Gasteiger partial charge in [0, 0.05) is 28.9 Å². The number of halogens is 8. The Hall–Kier alpha value is -3.05. The molecule has 0 spiro atoms. The van der Waals surface area contributed by atoms with Gasteiger partial charge >= 0.3 is 18.3 Å². The molecule has 3 rings (SSSR count). The fraction of sp³-hybridized carbons (Fsp3) is 0.423. The number of rotatable bonds is 10. The molecule has 17 heteroatoms. The Morgan fingerprint density at radius 2 is 1.72 bits per heavy atom. The SMILES string of the molecule is CSC[C@H](C)NC(=O)c1c(SC)cccc1C(=O)Nc1ccc(CN2NC(C(F)(F)C(F)(F)F)=NC2C(F)(F)F)cc1C. The lowest BCUT2D eigenvalue weighted by Gasteiger charge is -2.26. The standard InChI is InChI=1S/C26H27F8N5O2S2/c1-13-10-15(11-39-23(25(29,30)31)37-22(38-39)24(27,28)26(32,33)34)8-9-17(13)36-20(40)16-6-5-7-18(43-4)19(16)21(41)35-14(2)12-42-3/h5-10,14,23H,11-12H2,1-4H3,(H,35,41)(H,36,40)(H,37,38)/t14-,23?/m0/s1. The first kappa shape index (κ1) is 34.4. The predicted molar refractivity (Wildman–Crippen MR) is 150 cm³/mol. The van der Waals surface area contributed by atoms with E-state index in [1.807, 2.05) is 13.2 Å². The summed E-state index contributed by atoms with van der Waals surface area (Å²) < 4.78 is 106. The van der Waals surface area contributed by atoms with Crippen LogP contribution >= 0.6 is 23.5 Å². The Labute approximate surface area is 250 Å². The zero-order valence-electron chi connectivity index (χ0n) is 23.1. The average molecular weight is 658 g/mol. The van der Waals surface area contributed by atoms with E-state index in [-0.39, 0.29) is 33.4 Å². The molecular formula is C26H27F8N5O2S2. The fourth-order valence-electron chi connectivity index (χ4n) is 4.14. The number of hydrogen-bond acceptors (Lipinski definition) is 7. The third-order valence-electron chi connectivity index (χ3n) is 6.15. The van der Waals surface area contributed by atoms with Crippen molar-refractivity contribution < 1.29 is 44.7 Å². The molecule has 2 amide bonds. The first-order valence-electron chi connectivity index (χ1n) is 12.4. The summed E-state index contributed by atoms with van der Waals surface area (Å²) in [5.41, 5.74) is 2.37. The number of thioether (sulfide) groups is 2. The number of aryl methyl sites for hydroxylation is 1. The molecule has 236 valence electrons. The van der Waals surface area contributed by atoms with Gasteiger partial charge in [0.2, 0.25) is 6.17 Å². The molecule has 2 aromatic carbocycles. The molecule has 2 aromatic rings. The lowest BCUT2D eigenvalue weighted by Crippen LogP contribution is -2.53. The number of anilines is 1. The monoisotopic (exact) mass is 657 g/mol. The maximum absolute atomic E-state index is 13.7. The van der Waals surface area contributed by atoms with E-state index in [1.165, 1.54) is 60.1 Å². The summed E-state index contributed by atoms with van der Waals surface area (Å²) in [5, 5.41) is 5.64. The van der Waals surface area contributed by atoms with Gasteiger partial charge in [-0.2, -0.15) is 51.9 Å². The summed E-state index contributed by atoms with van der Waals surface area (Å²) in [4.78, 5) is 29.5. The van der Waals surface area contributed by atoms with E-state index < -0.39 is 48.6 Å². The number of nitrogens with one attached hydrogen (secondary N) is 3. The van der Waals surface area contributed by atoms with Crippen LogP contribution in [0.5, 0.6) is 0 Å². The number of nitrogens with zero attached hydrogens (tertiary/aromatic N) is 2. The van der Waals surface area contributed by atoms with Gasteiger partial charge in [0.15, 0.2) is 5.84 Å². The van der Waals surface area contributed by atoms with Crippen LogP contribution in [0.3, 0.4) is 0 Å². The van der Waals surface area contributed by atoms with Crippen molar-refractivity contribution in [1.29, 1.82) is 0 Å². The molecule has 0 fully saturated rings. The number of carbonyl (C=O) groups is 2. The highest BCUT2D eigenvalue weighted by molar-refractivity contribution is 7.98. The Bertz CT molecular complexity index is 1380. The van der Waals surface area contributed by atoms with Gasteiger partial charge < -0.3 is 10.6 Å². The van der Waals surface area contributed by atoms with Crippen LogP contribution in [0.15, 0.2) is 46.3 Å². The van der Waals surface area contributed by atoms with Gasteiger partial charge in [-0.15, -0.1) is 11.8 Å². The van der Waals surface area contributed by atoms with E-state index in [1.54, 1.807) is 18.4 Å². The third kappa shape index (κ3) is 7.92. The number of amidine groups is 1. The maximum Gasteiger partial charge on any atom is 0.461 e. The molecule has 0 saturated heterocycles. The Morgan fingerprint density at radius 3 is 2.28 bits per heavy atom. The summed E-state index contributed by atoms with van der Waals surface area (Å²) >= 11 is 2.81. The second-order valence-electron chi connectivity index (χ2n) is 9.52. The molecule has 0 bridgehead atoms. The number of hydrogen-bond donors (Lipinski definition) is 3. The molecule has 2 atom stereocenters. The Balaban J connectivity index is 1.82. The number of carbonyl (C=O) groups excluding carboxylic acids is 2. The molecular weight excluding hydrogens is 630 g/mol. The van der Waals surface area contributed by atoms with Crippen LogP contribution in [0.2, 0.25) is 0 Å². The van der Waals surface area contributed by atoms with Crippen molar-refractivity contribution in [3.8, 4) is 0 Å². The zero-order chi connectivity index (χ0) is 32.3. The summed E-state index contributed by atoms with van der Waals surface area (Å²) in [6.45, 7) is 2.58. The number of benzene rings is 2. The van der Waals surface area contributed by atoms with Gasteiger partial charge in [-0.25, -0.2) is 4.99 Å². The maximum atomic E-state index is 13.7. The van der Waals surface area contributed by atoms with Crippen molar-refractivity contribution >= 4 is 46.9 Å². The minimum Gasteiger partial charge on any atom is -0.349 e. The van der Waals surface area contributed by atoms with Gasteiger partial charge in [0.25, 0.3) is 11.8 Å². The van der Waals surface area contributed by atoms with E-state index in [9.17, 15) is 44.7 Å². The van der Waals surface area contributed by atoms with E-state index in [2.05, 4.69) is 15.6 Å². The first-order chi connectivity index (χ1) is 19.9. The smallest absolute Gasteiger partial charge is 0.349 e. The number of amides is 2. The van der Waals surface area contributed by atoms with Crippen molar-refractivity contribution in [1.82, 2.24) is 15.8 Å². The number of alkyl halides is 8. The molecule has 1 aliphatic rings. The summed E-state index contributed by atoms with van der Waals surface area (Å²) in [6.07, 6.45) is -10.8. The van der Waals surface area contributed by atoms with Crippen LogP contribution < -0.4 is 16.1 Å². The van der Waals surface area contributed by atoms with Gasteiger partial charge in [0.05, 0.1) is 11.1 Å². The van der Waals surface area contributed by atoms with Gasteiger partial charge in [0.1, 0.15) is 0 Å². The Kier molecular flexibility index (Phi) is 10.7. The predicted octanol–water partition coefficient (Wildman–Crippen LogP) is 6.26. The molecule has 0 radical (unpaired) electrons. The normalized spacial score (nSPS) is 16.8. The molecule has 1 heterocycles. The molecule has 43 heavy (non-hydrogen) atoms. The number of hydrazine groups is 1. The van der Waals surface area contributed by atoms with Crippen molar-refractivity contribution in [3.05, 3.63) is 58.7 Å². The van der Waals surface area contributed by atoms with Crippen LogP contribution in [0.4, 0.5) is 40.8 Å². The first-order valence-corrected chi connectivity index (χ1v) is 15.0. The molecule has 1 aliphatic heterocycles. The molecule has 7 nitrogen and oxygen atoms in total. The van der Waals surface area contributed by atoms with E-state index in [0.29, 0.717) is 16.2 Å². The molecule has 0 aromatic heterocycles. The summed E-state index contributed by atoms with van der Waals surface area (Å²) in [6, 6.07) is 8.54. The molecule has 3 N–H and O–H groups in total. The molecule has 0 saturated carbocycles. The summed E-state index contributed by atoms with van der Waals surface area (Å²) in [7, 11) is 0. The van der Waals surface area contributed by atoms with E-state index >= 15 is 0 Å². The summed E-state index contributed by atoms with van der Waals surface area (Å²) in [5.74, 6) is -8.24. The minimum absolute atomic E-state index is 0.0775. The van der Waals surface area contributed by atoms with E-state index in [0.717, 1.165) is 0 Å². The second kappa shape index (κ2) is 13.3. The topological polar surface area (TPSA) is 85.8 Å². The van der Waals surface area contributed by atoms with Gasteiger partial charge in [-0.05, 0) is 55.7 Å². The van der Waals surface area contributed by atoms with Gasteiger partial charge in [-0.3, -0.25) is 15.0 Å². The average Bonchev–Trinajstić information content (AvgIpc) is 3.34. The highest BCUT2D eigenvalue weighted by Gasteiger charge is 2.64. The van der Waals surface area contributed by atoms with Crippen molar-refractivity contribution in [3.63, 3.8) is 0 Å². The minimum atomic E-state index is -6.16. The van der Waals surface area contributed by atoms with Crippen LogP contribution in [-0.2, 0) is 6.54 Å². The largest absolute Gasteiger partial charge is 0.461 e. The highest BCUT2D eigenvalue weighted by atomic mass is 32.2. The van der Waals surface area contributed by atoms with Gasteiger partial charge in [-0.1, -0.05) is 18.2 Å². The lowest BCUT2D eigenvalue weighted by molar-refractivity contribution is -0.250. The Morgan fingerprint density at radius 1 is 1.05 bits per heavy atom. The van der Waals surface area contributed by atoms with Crippen molar-refractivity contribution in [2.45, 2.75) is 55.8 Å². The zero-order valence-corrected chi connectivity index (χ0v) is 24.7. The van der Waals surface area contributed by atoms with Crippen LogP contribution in [0.1, 0.15) is 38.8 Å². The quantitative estimate of drug-likeness (QED) is 0.207. The van der Waals surface area contributed by atoms with E-state index in [4.69, 9.17) is 0 Å². The highest BCUT2D eigenvalue weighted by Crippen LogP contribution is 2.39. The molecule has 1 unspecified atom stereocenters.